The Labute approximate surface area is 117 Å². The molecule has 0 aliphatic rings. The third-order valence-corrected chi connectivity index (χ3v) is 1.79. The van der Waals surface area contributed by atoms with E-state index in [1.807, 2.05) is 0 Å². The van der Waals surface area contributed by atoms with Crippen molar-refractivity contribution in [3.05, 3.63) is 0 Å². The van der Waals surface area contributed by atoms with Gasteiger partial charge >= 0.3 is 89.7 Å². The van der Waals surface area contributed by atoms with Crippen LogP contribution in [0.4, 0.5) is 7.77 Å². The molecule has 0 heterocycles. The molecule has 1 N–H and O–H groups in total. The van der Waals surface area contributed by atoms with E-state index in [0.717, 1.165) is 0 Å². The van der Waals surface area contributed by atoms with Gasteiger partial charge in [-0.2, -0.15) is 16.8 Å². The van der Waals surface area contributed by atoms with E-state index in [-0.39, 0.29) is 74.4 Å². The Hall–Kier alpha value is 1.77. The molecule has 0 rings (SSSR count). The third-order valence-electron chi connectivity index (χ3n) is 0.199. The summed E-state index contributed by atoms with van der Waals surface area (Å²) in [5.41, 5.74) is 0. The third kappa shape index (κ3) is 12.4. The molecule has 0 aliphatic heterocycles. The van der Waals surface area contributed by atoms with Crippen molar-refractivity contribution < 1.29 is 94.9 Å². The van der Waals surface area contributed by atoms with Crippen molar-refractivity contribution >= 4 is 20.8 Å². The number of nitrogens with one attached hydrogen (secondary N) is 1. The minimum absolute atomic E-state index is 0. The second-order valence-corrected chi connectivity index (χ2v) is 3.38. The van der Waals surface area contributed by atoms with E-state index < -0.39 is 20.8 Å². The van der Waals surface area contributed by atoms with Gasteiger partial charge in [-0.1, -0.05) is 11.9 Å². The summed E-state index contributed by atoms with van der Waals surface area (Å²) in [6.07, 6.45) is 0. The monoisotopic (exact) mass is 315 g/mol. The van der Waals surface area contributed by atoms with E-state index in [4.69, 9.17) is 0 Å². The van der Waals surface area contributed by atoms with Crippen LogP contribution in [0.15, 0.2) is 0 Å². The molecule has 0 aromatic heterocycles. The average molecular weight is 315 g/mol. The fourth-order valence-electron chi connectivity index (χ4n) is 0.119. The largest absolute Gasteiger partial charge is 1.00 e. The van der Waals surface area contributed by atoms with Gasteiger partial charge in [0.1, 0.15) is 0 Å². The van der Waals surface area contributed by atoms with Crippen molar-refractivity contribution in [3.8, 4) is 0 Å². The Balaban J connectivity index is -0.000000320. The molecule has 0 unspecified atom stereocenters. The van der Waals surface area contributed by atoms with E-state index in [1.54, 1.807) is 0 Å². The van der Waals surface area contributed by atoms with E-state index in [1.165, 1.54) is 0 Å². The fraction of sp³-hybridized carbons (Fsp3) is 0. The average Bonchev–Trinajstić information content (AvgIpc) is 1.14. The smallest absolute Gasteiger partial charge is 1.00 e. The molecule has 10 heavy (non-hydrogen) atoms. The molecule has 0 radical (unpaired) electrons. The summed E-state index contributed by atoms with van der Waals surface area (Å²) < 4.78 is 59.3. The van der Waals surface area contributed by atoms with E-state index in [9.17, 15) is 24.6 Å². The van der Waals surface area contributed by atoms with Gasteiger partial charge in [0.2, 0.25) is 0 Å². The second-order valence-electron chi connectivity index (χ2n) is 0.959. The van der Waals surface area contributed by atoms with Gasteiger partial charge in [-0.25, -0.2) is 0 Å². The summed E-state index contributed by atoms with van der Waals surface area (Å²) in [6, 6.07) is 0. The molecule has 0 amide bonds. The molecular formula is H2CsF2NO4S2. The van der Waals surface area contributed by atoms with Crippen LogP contribution >= 0.6 is 0 Å². The van der Waals surface area contributed by atoms with Crippen molar-refractivity contribution in [1.29, 1.82) is 0 Å². The van der Waals surface area contributed by atoms with Crippen molar-refractivity contribution in [2.45, 2.75) is 0 Å². The summed E-state index contributed by atoms with van der Waals surface area (Å²) in [5, 5.41) is 0. The minimum Gasteiger partial charge on any atom is -1.00 e. The molecule has 0 fully saturated rings. The zero-order valence-electron chi connectivity index (χ0n) is 5.71. The van der Waals surface area contributed by atoms with E-state index >= 15 is 0 Å². The van der Waals surface area contributed by atoms with Gasteiger partial charge in [0, 0.05) is 0 Å². The first-order valence-electron chi connectivity index (χ1n) is 1.38. The minimum atomic E-state index is -5.49. The molecule has 0 spiro atoms. The topological polar surface area (TPSA) is 80.3 Å². The van der Waals surface area contributed by atoms with Crippen LogP contribution < -0.4 is 73.0 Å². The van der Waals surface area contributed by atoms with E-state index in [0.29, 0.717) is 0 Å². The maximum Gasteiger partial charge on any atom is 1.00 e. The van der Waals surface area contributed by atoms with Gasteiger partial charge in [-0.3, -0.25) is 0 Å². The predicted octanol–water partition coefficient (Wildman–Crippen LogP) is -3.88. The van der Waals surface area contributed by atoms with Crippen LogP contribution in [0.25, 0.3) is 0 Å². The number of hydrogen-bond donors (Lipinski definition) is 1. The quantitative estimate of drug-likeness (QED) is 0.529. The SMILES string of the molecule is O=S(=O)(F)NS(=O)(=O)F.[Cs+].[H-]. The van der Waals surface area contributed by atoms with Crippen molar-refractivity contribution in [1.82, 2.24) is 4.13 Å². The zero-order chi connectivity index (χ0) is 7.71. The van der Waals surface area contributed by atoms with Crippen LogP contribution in [-0.4, -0.2) is 16.8 Å². The van der Waals surface area contributed by atoms with E-state index in [2.05, 4.69) is 0 Å². The number of hydrogen-bond acceptors (Lipinski definition) is 4. The van der Waals surface area contributed by atoms with Gasteiger partial charge in [0.25, 0.3) is 0 Å². The molecule has 5 nitrogen and oxygen atoms in total. The first-order valence-corrected chi connectivity index (χ1v) is 4.15. The normalized spacial score (nSPS) is 12.2. The van der Waals surface area contributed by atoms with Crippen molar-refractivity contribution in [2.75, 3.05) is 0 Å². The van der Waals surface area contributed by atoms with Crippen LogP contribution in [0.1, 0.15) is 1.43 Å². The first-order chi connectivity index (χ1) is 3.71. The predicted molar refractivity (Wildman–Crippen MR) is 24.3 cm³/mol. The molecule has 0 saturated carbocycles. The van der Waals surface area contributed by atoms with Crippen LogP contribution in [-0.2, 0) is 20.8 Å². The Kier molecular flexibility index (Phi) is 6.74. The fourth-order valence-corrected chi connectivity index (χ4v) is 1.07. The zero-order valence-corrected chi connectivity index (χ0v) is 12.6. The second kappa shape index (κ2) is 4.71. The van der Waals surface area contributed by atoms with Crippen molar-refractivity contribution in [2.24, 2.45) is 0 Å². The molecule has 0 aliphatic carbocycles. The molecule has 58 valence electrons. The summed E-state index contributed by atoms with van der Waals surface area (Å²) in [7, 11) is -11.0. The van der Waals surface area contributed by atoms with Crippen molar-refractivity contribution in [3.63, 3.8) is 0 Å². The van der Waals surface area contributed by atoms with Crippen LogP contribution in [0.5, 0.6) is 0 Å². The Morgan fingerprint density at radius 2 is 1.20 bits per heavy atom. The standard InChI is InChI=1S/Cs.F2HNO4S2.H/c;1-8(4,5)3-9(2,6)7;/h;3H;/q+1;;-1. The maximum absolute atomic E-state index is 11.1. The summed E-state index contributed by atoms with van der Waals surface area (Å²) in [5.74, 6) is 0. The van der Waals surface area contributed by atoms with Crippen LogP contribution in [0.3, 0.4) is 0 Å². The Morgan fingerprint density at radius 3 is 1.20 bits per heavy atom. The van der Waals surface area contributed by atoms with Crippen LogP contribution in [0, 0.1) is 0 Å². The molecule has 0 aromatic carbocycles. The van der Waals surface area contributed by atoms with Gasteiger partial charge in [-0.15, -0.1) is 0 Å². The molecule has 0 bridgehead atoms. The Bertz CT molecular complexity index is 251. The molecule has 0 saturated heterocycles. The molecule has 0 atom stereocenters. The van der Waals surface area contributed by atoms with Crippen LogP contribution in [0.2, 0.25) is 0 Å². The van der Waals surface area contributed by atoms with Gasteiger partial charge in [0.15, 0.2) is 0 Å². The Morgan fingerprint density at radius 1 is 1.00 bits per heavy atom. The number of halogens is 2. The molecule has 0 aromatic rings. The van der Waals surface area contributed by atoms with Gasteiger partial charge in [-0.05, 0) is 0 Å². The molecule has 10 heteroatoms. The summed E-state index contributed by atoms with van der Waals surface area (Å²) in [4.78, 5) is 0. The van der Waals surface area contributed by atoms with Gasteiger partial charge < -0.3 is 1.43 Å². The molecular weight excluding hydrogens is 313 g/mol. The summed E-state index contributed by atoms with van der Waals surface area (Å²) >= 11 is 0. The first kappa shape index (κ1) is 14.3. The summed E-state index contributed by atoms with van der Waals surface area (Å²) in [6.45, 7) is 0. The van der Waals surface area contributed by atoms with Gasteiger partial charge in [0.05, 0.1) is 0 Å². The number of rotatable bonds is 2. The maximum atomic E-state index is 11.1.